The summed E-state index contributed by atoms with van der Waals surface area (Å²) in [5.74, 6) is 0. The standard InChI is InChI=1S/C10H16/c1-4-7-8-9-10(5-2)6-3/h5,7-9H,2,4,6H2,1,3H3/b8-7-,10-9+. The molecule has 0 bridgehead atoms. The van der Waals surface area contributed by atoms with Crippen molar-refractivity contribution in [2.45, 2.75) is 26.7 Å². The SMILES string of the molecule is C=C/C(=C\C=C/CC)CC. The van der Waals surface area contributed by atoms with Gasteiger partial charge in [0.05, 0.1) is 0 Å². The van der Waals surface area contributed by atoms with Crippen LogP contribution in [0.1, 0.15) is 26.7 Å². The average Bonchev–Trinajstić information content (AvgIpc) is 1.99. The summed E-state index contributed by atoms with van der Waals surface area (Å²) in [7, 11) is 0. The average molecular weight is 136 g/mol. The van der Waals surface area contributed by atoms with E-state index in [1.165, 1.54) is 5.57 Å². The summed E-state index contributed by atoms with van der Waals surface area (Å²) in [5.41, 5.74) is 1.30. The van der Waals surface area contributed by atoms with E-state index in [0.29, 0.717) is 0 Å². The molecule has 0 atom stereocenters. The van der Waals surface area contributed by atoms with Crippen LogP contribution in [-0.2, 0) is 0 Å². The van der Waals surface area contributed by atoms with Crippen molar-refractivity contribution in [1.29, 1.82) is 0 Å². The van der Waals surface area contributed by atoms with Crippen molar-refractivity contribution in [2.24, 2.45) is 0 Å². The number of hydrogen-bond acceptors (Lipinski definition) is 0. The first-order chi connectivity index (χ1) is 4.85. The fourth-order valence-corrected chi connectivity index (χ4v) is 0.658. The summed E-state index contributed by atoms with van der Waals surface area (Å²) in [6.45, 7) is 7.97. The fourth-order valence-electron chi connectivity index (χ4n) is 0.658. The topological polar surface area (TPSA) is 0 Å². The van der Waals surface area contributed by atoms with E-state index in [1.54, 1.807) is 0 Å². The predicted molar refractivity (Wildman–Crippen MR) is 48.0 cm³/mol. The Morgan fingerprint density at radius 2 is 2.10 bits per heavy atom. The van der Waals surface area contributed by atoms with Crippen LogP contribution in [0.4, 0.5) is 0 Å². The quantitative estimate of drug-likeness (QED) is 0.519. The van der Waals surface area contributed by atoms with Crippen molar-refractivity contribution in [3.63, 3.8) is 0 Å². The summed E-state index contributed by atoms with van der Waals surface area (Å²) in [6, 6.07) is 0. The highest BCUT2D eigenvalue weighted by molar-refractivity contribution is 5.21. The molecule has 0 nitrogen and oxygen atoms in total. The lowest BCUT2D eigenvalue weighted by atomic mass is 10.2. The Balaban J connectivity index is 3.85. The van der Waals surface area contributed by atoms with Crippen LogP contribution in [0.25, 0.3) is 0 Å². The molecule has 0 aromatic rings. The maximum Gasteiger partial charge on any atom is -0.0308 e. The molecule has 0 heteroatoms. The van der Waals surface area contributed by atoms with Gasteiger partial charge >= 0.3 is 0 Å². The molecule has 56 valence electrons. The van der Waals surface area contributed by atoms with Crippen LogP contribution in [0.5, 0.6) is 0 Å². The van der Waals surface area contributed by atoms with Gasteiger partial charge in [-0.1, -0.05) is 44.7 Å². The molecule has 0 aliphatic carbocycles. The molecular formula is C10H16. The Morgan fingerprint density at radius 3 is 2.50 bits per heavy atom. The molecule has 0 fully saturated rings. The Bertz CT molecular complexity index is 138. The minimum absolute atomic E-state index is 1.07. The summed E-state index contributed by atoms with van der Waals surface area (Å²) < 4.78 is 0. The number of hydrogen-bond donors (Lipinski definition) is 0. The molecule has 0 saturated heterocycles. The normalized spacial score (nSPS) is 12.4. The van der Waals surface area contributed by atoms with Crippen LogP contribution in [-0.4, -0.2) is 0 Å². The Hall–Kier alpha value is -0.780. The lowest BCUT2D eigenvalue weighted by Gasteiger charge is -1.90. The number of rotatable bonds is 4. The van der Waals surface area contributed by atoms with E-state index in [4.69, 9.17) is 0 Å². The minimum atomic E-state index is 1.07. The third-order valence-corrected chi connectivity index (χ3v) is 1.35. The van der Waals surface area contributed by atoms with Gasteiger partial charge in [-0.05, 0) is 18.4 Å². The summed E-state index contributed by atoms with van der Waals surface area (Å²) in [5, 5.41) is 0. The smallest absolute Gasteiger partial charge is 0.0308 e. The molecule has 0 aliphatic heterocycles. The molecule has 0 saturated carbocycles. The van der Waals surface area contributed by atoms with Gasteiger partial charge in [0.25, 0.3) is 0 Å². The van der Waals surface area contributed by atoms with E-state index >= 15 is 0 Å². The van der Waals surface area contributed by atoms with Gasteiger partial charge in [-0.2, -0.15) is 0 Å². The van der Waals surface area contributed by atoms with Gasteiger partial charge in [-0.25, -0.2) is 0 Å². The second-order valence-corrected chi connectivity index (χ2v) is 2.14. The molecule has 0 radical (unpaired) electrons. The Morgan fingerprint density at radius 1 is 1.40 bits per heavy atom. The largest absolute Gasteiger partial charge is 0.0988 e. The molecule has 0 unspecified atom stereocenters. The summed E-state index contributed by atoms with van der Waals surface area (Å²) in [4.78, 5) is 0. The summed E-state index contributed by atoms with van der Waals surface area (Å²) >= 11 is 0. The highest BCUT2D eigenvalue weighted by Gasteiger charge is 1.80. The maximum absolute atomic E-state index is 3.71. The Kier molecular flexibility index (Phi) is 5.85. The molecular weight excluding hydrogens is 120 g/mol. The zero-order chi connectivity index (χ0) is 7.82. The zero-order valence-corrected chi connectivity index (χ0v) is 6.93. The first-order valence-corrected chi connectivity index (χ1v) is 3.83. The second kappa shape index (κ2) is 6.34. The van der Waals surface area contributed by atoms with Gasteiger partial charge in [0.1, 0.15) is 0 Å². The molecule has 0 N–H and O–H groups in total. The van der Waals surface area contributed by atoms with Crippen LogP contribution < -0.4 is 0 Å². The molecule has 0 rings (SSSR count). The van der Waals surface area contributed by atoms with Gasteiger partial charge in [-0.3, -0.25) is 0 Å². The van der Waals surface area contributed by atoms with Crippen LogP contribution in [0.15, 0.2) is 36.5 Å². The van der Waals surface area contributed by atoms with Crippen molar-refractivity contribution in [2.75, 3.05) is 0 Å². The van der Waals surface area contributed by atoms with Crippen molar-refractivity contribution >= 4 is 0 Å². The predicted octanol–water partition coefficient (Wildman–Crippen LogP) is 3.48. The van der Waals surface area contributed by atoms with E-state index in [9.17, 15) is 0 Å². The van der Waals surface area contributed by atoms with Crippen molar-refractivity contribution in [3.05, 3.63) is 36.5 Å². The van der Waals surface area contributed by atoms with E-state index < -0.39 is 0 Å². The van der Waals surface area contributed by atoms with Crippen LogP contribution in [0.3, 0.4) is 0 Å². The summed E-state index contributed by atoms with van der Waals surface area (Å²) in [6.07, 6.45) is 10.4. The van der Waals surface area contributed by atoms with Crippen molar-refractivity contribution in [3.8, 4) is 0 Å². The first-order valence-electron chi connectivity index (χ1n) is 3.83. The second-order valence-electron chi connectivity index (χ2n) is 2.14. The fraction of sp³-hybridized carbons (Fsp3) is 0.400. The van der Waals surface area contributed by atoms with Crippen LogP contribution in [0.2, 0.25) is 0 Å². The van der Waals surface area contributed by atoms with Crippen molar-refractivity contribution < 1.29 is 0 Å². The molecule has 0 spiro atoms. The third kappa shape index (κ3) is 4.13. The highest BCUT2D eigenvalue weighted by Crippen LogP contribution is 2.00. The van der Waals surface area contributed by atoms with Crippen molar-refractivity contribution in [1.82, 2.24) is 0 Å². The Labute approximate surface area is 64.0 Å². The molecule has 0 amide bonds. The molecule has 0 heterocycles. The van der Waals surface area contributed by atoms with E-state index in [0.717, 1.165) is 12.8 Å². The zero-order valence-electron chi connectivity index (χ0n) is 6.93. The number of allylic oxidation sites excluding steroid dienone is 5. The monoisotopic (exact) mass is 136 g/mol. The van der Waals surface area contributed by atoms with Gasteiger partial charge in [-0.15, -0.1) is 0 Å². The van der Waals surface area contributed by atoms with Gasteiger partial charge in [0.2, 0.25) is 0 Å². The highest BCUT2D eigenvalue weighted by atomic mass is 13.9. The van der Waals surface area contributed by atoms with E-state index in [2.05, 4.69) is 38.7 Å². The molecule has 0 aromatic carbocycles. The molecule has 10 heavy (non-hydrogen) atoms. The molecule has 0 aromatic heterocycles. The third-order valence-electron chi connectivity index (χ3n) is 1.35. The molecule has 0 aliphatic rings. The van der Waals surface area contributed by atoms with Crippen LogP contribution >= 0.6 is 0 Å². The lowest BCUT2D eigenvalue weighted by molar-refractivity contribution is 1.15. The van der Waals surface area contributed by atoms with Gasteiger partial charge < -0.3 is 0 Å². The maximum atomic E-state index is 3.71. The van der Waals surface area contributed by atoms with Crippen LogP contribution in [0, 0.1) is 0 Å². The minimum Gasteiger partial charge on any atom is -0.0988 e. The van der Waals surface area contributed by atoms with E-state index in [1.807, 2.05) is 6.08 Å². The lowest BCUT2D eigenvalue weighted by Crippen LogP contribution is -1.69. The van der Waals surface area contributed by atoms with E-state index in [-0.39, 0.29) is 0 Å². The van der Waals surface area contributed by atoms with Gasteiger partial charge in [0, 0.05) is 0 Å². The first kappa shape index (κ1) is 9.22. The van der Waals surface area contributed by atoms with Gasteiger partial charge in [0.15, 0.2) is 0 Å².